The number of non-ortho nitro benzene ring substituents is 1. The maximum Gasteiger partial charge on any atom is 0.282 e. The van der Waals surface area contributed by atoms with E-state index in [1.54, 1.807) is 24.3 Å². The van der Waals surface area contributed by atoms with Gasteiger partial charge in [-0.25, -0.2) is 4.90 Å². The number of nitro benzene ring substituents is 1. The first-order chi connectivity index (χ1) is 15.9. The summed E-state index contributed by atoms with van der Waals surface area (Å²) in [5.74, 6) is -0.444. The van der Waals surface area contributed by atoms with E-state index in [9.17, 15) is 19.7 Å². The predicted octanol–water partition coefficient (Wildman–Crippen LogP) is 4.56. The van der Waals surface area contributed by atoms with Crippen molar-refractivity contribution in [3.8, 4) is 5.75 Å². The molecular formula is C25H21N3O5. The second-order valence-electron chi connectivity index (χ2n) is 7.37. The van der Waals surface area contributed by atoms with Crippen LogP contribution in [0.25, 0.3) is 5.57 Å². The number of nitrogens with zero attached hydrogens (tertiary/aromatic N) is 2. The second kappa shape index (κ2) is 8.96. The summed E-state index contributed by atoms with van der Waals surface area (Å²) < 4.78 is 5.16. The molecule has 0 spiro atoms. The number of rotatable bonds is 7. The topological polar surface area (TPSA) is 102 Å². The van der Waals surface area contributed by atoms with Gasteiger partial charge >= 0.3 is 0 Å². The normalized spacial score (nSPS) is 13.5. The second-order valence-corrected chi connectivity index (χ2v) is 7.37. The van der Waals surface area contributed by atoms with Gasteiger partial charge in [0.05, 0.1) is 23.3 Å². The number of hydrogen-bond donors (Lipinski definition) is 1. The number of nitrogens with one attached hydrogen (secondary N) is 1. The van der Waals surface area contributed by atoms with Crippen LogP contribution >= 0.6 is 0 Å². The molecule has 4 rings (SSSR count). The van der Waals surface area contributed by atoms with E-state index >= 15 is 0 Å². The van der Waals surface area contributed by atoms with Crippen LogP contribution in [0.1, 0.15) is 18.1 Å². The van der Waals surface area contributed by atoms with E-state index in [1.807, 2.05) is 31.2 Å². The lowest BCUT2D eigenvalue weighted by atomic mass is 10.0. The van der Waals surface area contributed by atoms with Gasteiger partial charge in [-0.3, -0.25) is 19.7 Å². The van der Waals surface area contributed by atoms with Gasteiger partial charge in [-0.15, -0.1) is 0 Å². The fourth-order valence-electron chi connectivity index (χ4n) is 3.60. The Morgan fingerprint density at radius 1 is 0.909 bits per heavy atom. The number of hydrogen-bond acceptors (Lipinski definition) is 6. The molecule has 1 aliphatic heterocycles. The zero-order valence-corrected chi connectivity index (χ0v) is 18.1. The Morgan fingerprint density at radius 2 is 1.55 bits per heavy atom. The molecule has 0 saturated heterocycles. The molecule has 8 heteroatoms. The lowest BCUT2D eigenvalue weighted by Gasteiger charge is -2.16. The van der Waals surface area contributed by atoms with Gasteiger partial charge < -0.3 is 10.1 Å². The average molecular weight is 443 g/mol. The molecule has 0 fully saturated rings. The van der Waals surface area contributed by atoms with E-state index in [1.165, 1.54) is 31.4 Å². The molecule has 0 aromatic heterocycles. The highest BCUT2D eigenvalue weighted by molar-refractivity contribution is 6.46. The van der Waals surface area contributed by atoms with Gasteiger partial charge in [-0.2, -0.15) is 0 Å². The Labute approximate surface area is 190 Å². The minimum Gasteiger partial charge on any atom is -0.497 e. The lowest BCUT2D eigenvalue weighted by molar-refractivity contribution is -0.384. The van der Waals surface area contributed by atoms with Crippen LogP contribution in [0.3, 0.4) is 0 Å². The Kier molecular flexibility index (Phi) is 5.91. The number of carbonyl (C=O) groups is 2. The molecule has 0 saturated carbocycles. The first-order valence-corrected chi connectivity index (χ1v) is 10.3. The molecule has 33 heavy (non-hydrogen) atoms. The van der Waals surface area contributed by atoms with Gasteiger partial charge in [0.2, 0.25) is 0 Å². The van der Waals surface area contributed by atoms with Crippen molar-refractivity contribution in [2.24, 2.45) is 0 Å². The van der Waals surface area contributed by atoms with Gasteiger partial charge in [0.1, 0.15) is 11.4 Å². The number of imide groups is 1. The summed E-state index contributed by atoms with van der Waals surface area (Å²) in [5, 5.41) is 14.1. The van der Waals surface area contributed by atoms with Gasteiger partial charge in [0.25, 0.3) is 17.5 Å². The summed E-state index contributed by atoms with van der Waals surface area (Å²) in [6.45, 7) is 2.05. The van der Waals surface area contributed by atoms with E-state index < -0.39 is 16.7 Å². The third-order valence-electron chi connectivity index (χ3n) is 5.41. The number of nitro groups is 1. The molecule has 0 bridgehead atoms. The quantitative estimate of drug-likeness (QED) is 0.326. The molecule has 0 unspecified atom stereocenters. The van der Waals surface area contributed by atoms with Crippen molar-refractivity contribution in [3.63, 3.8) is 0 Å². The van der Waals surface area contributed by atoms with Crippen LogP contribution in [0.2, 0.25) is 0 Å². The number of ether oxygens (including phenoxy) is 1. The molecule has 3 aromatic carbocycles. The summed E-state index contributed by atoms with van der Waals surface area (Å²) in [6.07, 6.45) is 0.875. The standard InChI is InChI=1S/C25H21N3O5/c1-3-16-4-8-18(9-5-16)26-23-22(17-6-10-20(11-7-17)28(31)32)24(29)27(25(23)30)19-12-14-21(33-2)15-13-19/h4-15,26H,3H2,1-2H3. The van der Waals surface area contributed by atoms with Crippen LogP contribution in [0, 0.1) is 10.1 Å². The Bertz CT molecular complexity index is 1250. The maximum absolute atomic E-state index is 13.4. The predicted molar refractivity (Wildman–Crippen MR) is 125 cm³/mol. The van der Waals surface area contributed by atoms with E-state index in [4.69, 9.17) is 4.74 Å². The summed E-state index contributed by atoms with van der Waals surface area (Å²) in [6, 6.07) is 19.7. The third kappa shape index (κ3) is 4.18. The zero-order chi connectivity index (χ0) is 23.5. The first kappa shape index (κ1) is 21.8. The fraction of sp³-hybridized carbons (Fsp3) is 0.120. The van der Waals surface area contributed by atoms with E-state index in [2.05, 4.69) is 5.32 Å². The molecule has 3 aromatic rings. The van der Waals surface area contributed by atoms with Crippen molar-refractivity contribution in [1.82, 2.24) is 0 Å². The highest BCUT2D eigenvalue weighted by Crippen LogP contribution is 2.35. The maximum atomic E-state index is 13.4. The van der Waals surface area contributed by atoms with E-state index in [0.29, 0.717) is 22.7 Å². The van der Waals surface area contributed by atoms with E-state index in [-0.39, 0.29) is 17.0 Å². The third-order valence-corrected chi connectivity index (χ3v) is 5.41. The Balaban J connectivity index is 1.77. The van der Waals surface area contributed by atoms with Crippen molar-refractivity contribution in [3.05, 3.63) is 99.7 Å². The van der Waals surface area contributed by atoms with Crippen LogP contribution in [-0.2, 0) is 16.0 Å². The van der Waals surface area contributed by atoms with Crippen LogP contribution in [0.4, 0.5) is 17.1 Å². The number of benzene rings is 3. The van der Waals surface area contributed by atoms with Crippen molar-refractivity contribution in [2.45, 2.75) is 13.3 Å². The molecule has 0 atom stereocenters. The minimum atomic E-state index is -0.522. The summed E-state index contributed by atoms with van der Waals surface area (Å²) >= 11 is 0. The van der Waals surface area contributed by atoms with Crippen LogP contribution in [0.5, 0.6) is 5.75 Å². The lowest BCUT2D eigenvalue weighted by Crippen LogP contribution is -2.32. The number of anilines is 2. The zero-order valence-electron chi connectivity index (χ0n) is 18.1. The van der Waals surface area contributed by atoms with Crippen molar-refractivity contribution in [2.75, 3.05) is 17.3 Å². The number of aryl methyl sites for hydroxylation is 1. The minimum absolute atomic E-state index is 0.104. The van der Waals surface area contributed by atoms with Crippen molar-refractivity contribution >= 4 is 34.4 Å². The van der Waals surface area contributed by atoms with Gasteiger partial charge in [0, 0.05) is 17.8 Å². The summed E-state index contributed by atoms with van der Waals surface area (Å²) in [5.41, 5.74) is 2.73. The smallest absolute Gasteiger partial charge is 0.282 e. The Morgan fingerprint density at radius 3 is 2.09 bits per heavy atom. The summed E-state index contributed by atoms with van der Waals surface area (Å²) in [4.78, 5) is 38.4. The number of carbonyl (C=O) groups excluding carboxylic acids is 2. The highest BCUT2D eigenvalue weighted by atomic mass is 16.6. The van der Waals surface area contributed by atoms with Crippen LogP contribution in [-0.4, -0.2) is 23.8 Å². The molecule has 0 aliphatic carbocycles. The highest BCUT2D eigenvalue weighted by Gasteiger charge is 2.40. The average Bonchev–Trinajstić information content (AvgIpc) is 3.08. The molecule has 1 N–H and O–H groups in total. The monoisotopic (exact) mass is 443 g/mol. The number of methoxy groups -OCH3 is 1. The molecule has 2 amide bonds. The van der Waals surface area contributed by atoms with Gasteiger partial charge in [-0.1, -0.05) is 19.1 Å². The van der Waals surface area contributed by atoms with E-state index in [0.717, 1.165) is 16.9 Å². The van der Waals surface area contributed by atoms with Gasteiger partial charge in [0.15, 0.2) is 0 Å². The summed E-state index contributed by atoms with van der Waals surface area (Å²) in [7, 11) is 1.53. The van der Waals surface area contributed by atoms with Crippen LogP contribution < -0.4 is 15.0 Å². The molecule has 166 valence electrons. The molecule has 0 radical (unpaired) electrons. The van der Waals surface area contributed by atoms with Crippen molar-refractivity contribution in [1.29, 1.82) is 0 Å². The van der Waals surface area contributed by atoms with Crippen molar-refractivity contribution < 1.29 is 19.2 Å². The SMILES string of the molecule is CCc1ccc(NC2=C(c3ccc([N+](=O)[O-])cc3)C(=O)N(c3ccc(OC)cc3)C2=O)cc1. The molecule has 1 aliphatic rings. The Hall–Kier alpha value is -4.46. The fourth-order valence-corrected chi connectivity index (χ4v) is 3.60. The molecular weight excluding hydrogens is 422 g/mol. The van der Waals surface area contributed by atoms with Crippen LogP contribution in [0.15, 0.2) is 78.5 Å². The first-order valence-electron chi connectivity index (χ1n) is 10.3. The molecule has 1 heterocycles. The van der Waals surface area contributed by atoms with Gasteiger partial charge in [-0.05, 0) is 66.1 Å². The molecule has 8 nitrogen and oxygen atoms in total. The largest absolute Gasteiger partial charge is 0.497 e. The number of amides is 2.